The van der Waals surface area contributed by atoms with Gasteiger partial charge in [-0.15, -0.1) is 0 Å². The molecule has 2 N–H and O–H groups in total. The van der Waals surface area contributed by atoms with Crippen molar-refractivity contribution in [3.8, 4) is 0 Å². The Hall–Kier alpha value is -4.01. The number of hydrogen-bond acceptors (Lipinski definition) is 11. The molecular formula is C23H31N5O10. The molecule has 3 heterocycles. The van der Waals surface area contributed by atoms with Gasteiger partial charge in [-0.2, -0.15) is 4.98 Å². The highest BCUT2D eigenvalue weighted by atomic mass is 16.6. The van der Waals surface area contributed by atoms with Crippen molar-refractivity contribution in [2.45, 2.75) is 91.6 Å². The molecule has 1 aliphatic heterocycles. The van der Waals surface area contributed by atoms with Crippen molar-refractivity contribution in [3.63, 3.8) is 0 Å². The normalized spacial score (nSPS) is 20.5. The monoisotopic (exact) mass is 537 g/mol. The maximum absolute atomic E-state index is 13.7. The van der Waals surface area contributed by atoms with Gasteiger partial charge >= 0.3 is 23.6 Å². The molecule has 1 saturated heterocycles. The van der Waals surface area contributed by atoms with Crippen molar-refractivity contribution in [1.82, 2.24) is 19.1 Å². The number of amides is 1. The minimum Gasteiger partial charge on any atom is -0.461 e. The number of aromatic amines is 1. The molecule has 1 amide bonds. The third kappa shape index (κ3) is 6.27. The second-order valence-electron chi connectivity index (χ2n) is 8.96. The van der Waals surface area contributed by atoms with Crippen molar-refractivity contribution in [3.05, 3.63) is 20.8 Å². The Morgan fingerprint density at radius 1 is 1.11 bits per heavy atom. The predicted molar refractivity (Wildman–Crippen MR) is 130 cm³/mol. The van der Waals surface area contributed by atoms with E-state index < -0.39 is 65.7 Å². The molecule has 0 bridgehead atoms. The first-order valence-electron chi connectivity index (χ1n) is 12.0. The Kier molecular flexibility index (Phi) is 8.70. The van der Waals surface area contributed by atoms with Crippen LogP contribution in [0.4, 0.5) is 5.95 Å². The van der Waals surface area contributed by atoms with Crippen molar-refractivity contribution in [2.75, 3.05) is 5.32 Å². The quantitative estimate of drug-likeness (QED) is 0.332. The zero-order valence-electron chi connectivity index (χ0n) is 21.9. The van der Waals surface area contributed by atoms with Gasteiger partial charge in [0.25, 0.3) is 5.56 Å². The smallest absolute Gasteiger partial charge is 0.332 e. The summed E-state index contributed by atoms with van der Waals surface area (Å²) in [5, 5.41) is 2.37. The van der Waals surface area contributed by atoms with E-state index in [0.717, 1.165) is 9.13 Å². The van der Waals surface area contributed by atoms with Crippen LogP contribution in [0.15, 0.2) is 9.59 Å². The van der Waals surface area contributed by atoms with Gasteiger partial charge in [0.1, 0.15) is 24.4 Å². The Morgan fingerprint density at radius 3 is 2.32 bits per heavy atom. The van der Waals surface area contributed by atoms with Crippen LogP contribution in [-0.2, 0) is 44.7 Å². The average Bonchev–Trinajstić information content (AvgIpc) is 3.28. The van der Waals surface area contributed by atoms with E-state index >= 15 is 0 Å². The largest absolute Gasteiger partial charge is 0.461 e. The summed E-state index contributed by atoms with van der Waals surface area (Å²) < 4.78 is 24.2. The van der Waals surface area contributed by atoms with E-state index in [0.29, 0.717) is 6.42 Å². The minimum absolute atomic E-state index is 0.0841. The van der Waals surface area contributed by atoms with Gasteiger partial charge in [-0.3, -0.25) is 38.8 Å². The number of fused-ring (bicyclic) bond motifs is 1. The summed E-state index contributed by atoms with van der Waals surface area (Å²) in [6.07, 6.45) is -4.04. The summed E-state index contributed by atoms with van der Waals surface area (Å²) >= 11 is 0. The fourth-order valence-corrected chi connectivity index (χ4v) is 4.47. The summed E-state index contributed by atoms with van der Waals surface area (Å²) in [6, 6.07) is 0. The molecule has 0 radical (unpaired) electrons. The molecule has 38 heavy (non-hydrogen) atoms. The van der Waals surface area contributed by atoms with Gasteiger partial charge in [0, 0.05) is 34.1 Å². The van der Waals surface area contributed by atoms with Gasteiger partial charge < -0.3 is 18.9 Å². The zero-order chi connectivity index (χ0) is 28.3. The molecule has 0 spiro atoms. The Bertz CT molecular complexity index is 1360. The molecule has 208 valence electrons. The van der Waals surface area contributed by atoms with Gasteiger partial charge in [0.2, 0.25) is 11.9 Å². The number of hydrogen-bond donors (Lipinski definition) is 2. The van der Waals surface area contributed by atoms with Crippen molar-refractivity contribution >= 4 is 40.9 Å². The van der Waals surface area contributed by atoms with Crippen LogP contribution >= 0.6 is 0 Å². The van der Waals surface area contributed by atoms with E-state index in [9.17, 15) is 28.8 Å². The van der Waals surface area contributed by atoms with Crippen molar-refractivity contribution in [2.24, 2.45) is 0 Å². The number of H-pyrrole nitrogens is 1. The van der Waals surface area contributed by atoms with Crippen LogP contribution in [0.3, 0.4) is 0 Å². The number of carbonyl (C=O) groups excluding carboxylic acids is 4. The standard InChI is InChI=1S/C23H31N5O10/c1-7-15(36-13(5)31)16-8-17(37-14(6)32)21(38-16)28-19-18(20(33)26-22(25-19)24-11(3)29)27(23(28)34)9-10(2)35-12(4)30/h10,15-17,21H,7-9H2,1-6H3,(H2,24,25,26,29,33)/t10-,15-,16-,17+,21+/m0/s1. The Labute approximate surface area is 216 Å². The first kappa shape index (κ1) is 28.6. The molecule has 15 heteroatoms. The number of ether oxygens (including phenoxy) is 4. The molecule has 3 rings (SSSR count). The van der Waals surface area contributed by atoms with Crippen LogP contribution in [0, 0.1) is 0 Å². The number of aromatic nitrogens is 4. The fraction of sp³-hybridized carbons (Fsp3) is 0.609. The highest BCUT2D eigenvalue weighted by Crippen LogP contribution is 2.35. The minimum atomic E-state index is -1.26. The molecule has 0 aromatic carbocycles. The van der Waals surface area contributed by atoms with E-state index in [1.54, 1.807) is 13.8 Å². The van der Waals surface area contributed by atoms with Gasteiger partial charge in [-0.25, -0.2) is 9.36 Å². The Morgan fingerprint density at radius 2 is 1.76 bits per heavy atom. The first-order chi connectivity index (χ1) is 17.8. The summed E-state index contributed by atoms with van der Waals surface area (Å²) in [4.78, 5) is 80.1. The number of carbonyl (C=O) groups is 4. The summed E-state index contributed by atoms with van der Waals surface area (Å²) in [6.45, 7) is 7.98. The van der Waals surface area contributed by atoms with E-state index in [4.69, 9.17) is 18.9 Å². The number of rotatable bonds is 9. The van der Waals surface area contributed by atoms with Crippen LogP contribution in [0.5, 0.6) is 0 Å². The van der Waals surface area contributed by atoms with Crippen LogP contribution in [0.2, 0.25) is 0 Å². The number of nitrogens with zero attached hydrogens (tertiary/aromatic N) is 3. The number of imidazole rings is 1. The van der Waals surface area contributed by atoms with Crippen molar-refractivity contribution in [1.29, 1.82) is 0 Å². The lowest BCUT2D eigenvalue weighted by Gasteiger charge is -2.22. The van der Waals surface area contributed by atoms with Crippen LogP contribution in [-0.4, -0.2) is 67.3 Å². The molecule has 2 aromatic heterocycles. The second-order valence-corrected chi connectivity index (χ2v) is 8.96. The lowest BCUT2D eigenvalue weighted by Crippen LogP contribution is -2.35. The van der Waals surface area contributed by atoms with E-state index in [2.05, 4.69) is 15.3 Å². The maximum atomic E-state index is 13.7. The summed E-state index contributed by atoms with van der Waals surface area (Å²) in [7, 11) is 0. The highest BCUT2D eigenvalue weighted by Gasteiger charge is 2.45. The number of esters is 3. The number of nitrogens with one attached hydrogen (secondary N) is 2. The van der Waals surface area contributed by atoms with Gasteiger partial charge in [0.05, 0.1) is 6.54 Å². The van der Waals surface area contributed by atoms with E-state index in [-0.39, 0.29) is 30.1 Å². The lowest BCUT2D eigenvalue weighted by atomic mass is 10.1. The van der Waals surface area contributed by atoms with E-state index in [1.807, 2.05) is 0 Å². The third-order valence-corrected chi connectivity index (χ3v) is 5.72. The summed E-state index contributed by atoms with van der Waals surface area (Å²) in [5.41, 5.74) is -1.86. The highest BCUT2D eigenvalue weighted by molar-refractivity contribution is 5.87. The first-order valence-corrected chi connectivity index (χ1v) is 12.0. The Balaban J connectivity index is 2.21. The second kappa shape index (κ2) is 11.6. The van der Waals surface area contributed by atoms with E-state index in [1.165, 1.54) is 27.7 Å². The van der Waals surface area contributed by atoms with Gasteiger partial charge in [0.15, 0.2) is 17.4 Å². The summed E-state index contributed by atoms with van der Waals surface area (Å²) in [5.74, 6) is -2.50. The molecule has 2 aromatic rings. The van der Waals surface area contributed by atoms with Crippen LogP contribution in [0.25, 0.3) is 11.2 Å². The predicted octanol–water partition coefficient (Wildman–Crippen LogP) is 0.357. The molecule has 0 aliphatic carbocycles. The van der Waals surface area contributed by atoms with Crippen molar-refractivity contribution < 1.29 is 38.1 Å². The topological polar surface area (TPSA) is 190 Å². The SMILES string of the molecule is CC[C@H](OC(C)=O)[C@@H]1C[C@@H](OC(C)=O)[C@H](n2c(=O)n(C[C@H](C)OC(C)=O)c3c(=O)[nH]c(NC(C)=O)nc32)O1. The number of anilines is 1. The molecule has 5 atom stereocenters. The van der Waals surface area contributed by atoms with Gasteiger partial charge in [-0.05, 0) is 13.3 Å². The maximum Gasteiger partial charge on any atom is 0.332 e. The van der Waals surface area contributed by atoms with Gasteiger partial charge in [-0.1, -0.05) is 6.92 Å². The lowest BCUT2D eigenvalue weighted by molar-refractivity contribution is -0.158. The van der Waals surface area contributed by atoms with Crippen LogP contribution < -0.4 is 16.6 Å². The molecule has 0 saturated carbocycles. The third-order valence-electron chi connectivity index (χ3n) is 5.72. The molecule has 1 aliphatic rings. The zero-order valence-corrected chi connectivity index (χ0v) is 21.9. The average molecular weight is 538 g/mol. The molecular weight excluding hydrogens is 506 g/mol. The molecule has 1 fully saturated rings. The molecule has 15 nitrogen and oxygen atoms in total. The van der Waals surface area contributed by atoms with Crippen LogP contribution in [0.1, 0.15) is 60.6 Å². The molecule has 0 unspecified atom stereocenters. The fourth-order valence-electron chi connectivity index (χ4n) is 4.47.